The largest absolute Gasteiger partial charge is 0.354 e. The summed E-state index contributed by atoms with van der Waals surface area (Å²) < 4.78 is 0. The number of hydrogen-bond donors (Lipinski definition) is 1. The summed E-state index contributed by atoms with van der Waals surface area (Å²) >= 11 is 0. The minimum absolute atomic E-state index is 0. The molecule has 0 radical (unpaired) electrons. The van der Waals surface area contributed by atoms with Gasteiger partial charge >= 0.3 is 0 Å². The van der Waals surface area contributed by atoms with Gasteiger partial charge in [-0.2, -0.15) is 0 Å². The number of hydrogen-bond acceptors (Lipinski definition) is 4. The second-order valence-electron chi connectivity index (χ2n) is 8.74. The molecule has 1 aromatic heterocycles. The zero-order valence-corrected chi connectivity index (χ0v) is 19.9. The van der Waals surface area contributed by atoms with Crippen molar-refractivity contribution >= 4 is 35.8 Å². The van der Waals surface area contributed by atoms with Gasteiger partial charge in [0.2, 0.25) is 0 Å². The molecule has 0 amide bonds. The Balaban J connectivity index is 0.00000261. The molecular weight excluding hydrogens is 451 g/mol. The summed E-state index contributed by atoms with van der Waals surface area (Å²) in [6, 6.07) is 4.29. The number of aromatic nitrogens is 1. The predicted octanol–water partition coefficient (Wildman–Crippen LogP) is 2.65. The molecule has 0 atom stereocenters. The van der Waals surface area contributed by atoms with E-state index in [1.165, 1.54) is 5.56 Å². The average Bonchev–Trinajstić information content (AvgIpc) is 2.62. The van der Waals surface area contributed by atoms with E-state index in [1.807, 2.05) is 13.2 Å². The zero-order chi connectivity index (χ0) is 18.9. The van der Waals surface area contributed by atoms with Gasteiger partial charge in [-0.05, 0) is 38.6 Å². The van der Waals surface area contributed by atoms with Gasteiger partial charge in [-0.25, -0.2) is 4.98 Å². The first-order valence-corrected chi connectivity index (χ1v) is 9.61. The van der Waals surface area contributed by atoms with Gasteiger partial charge < -0.3 is 20.0 Å². The Morgan fingerprint density at radius 1 is 1.19 bits per heavy atom. The van der Waals surface area contributed by atoms with Crippen LogP contribution in [-0.4, -0.2) is 73.1 Å². The fraction of sp³-hybridized carbons (Fsp3) is 0.700. The number of anilines is 1. The number of guanidine groups is 1. The summed E-state index contributed by atoms with van der Waals surface area (Å²) in [5.41, 5.74) is 1.65. The van der Waals surface area contributed by atoms with Gasteiger partial charge in [0.1, 0.15) is 5.82 Å². The molecule has 2 fully saturated rings. The van der Waals surface area contributed by atoms with Gasteiger partial charge in [0.25, 0.3) is 0 Å². The Morgan fingerprint density at radius 2 is 1.85 bits per heavy atom. The molecule has 1 aromatic rings. The van der Waals surface area contributed by atoms with Gasteiger partial charge in [0.15, 0.2) is 5.96 Å². The molecule has 0 bridgehead atoms. The van der Waals surface area contributed by atoms with Crippen LogP contribution >= 0.6 is 24.0 Å². The van der Waals surface area contributed by atoms with E-state index in [9.17, 15) is 0 Å². The first-order valence-electron chi connectivity index (χ1n) is 9.61. The second-order valence-corrected chi connectivity index (χ2v) is 8.74. The van der Waals surface area contributed by atoms with Crippen LogP contribution in [0.4, 0.5) is 5.82 Å². The van der Waals surface area contributed by atoms with Crippen LogP contribution in [0.15, 0.2) is 23.3 Å². The van der Waals surface area contributed by atoms with Crippen LogP contribution in [0.3, 0.4) is 0 Å². The summed E-state index contributed by atoms with van der Waals surface area (Å²) in [4.78, 5) is 16.2. The third-order valence-corrected chi connectivity index (χ3v) is 6.44. The molecule has 27 heavy (non-hydrogen) atoms. The average molecular weight is 486 g/mol. The van der Waals surface area contributed by atoms with E-state index in [0.29, 0.717) is 5.41 Å². The predicted molar refractivity (Wildman–Crippen MR) is 124 cm³/mol. The summed E-state index contributed by atoms with van der Waals surface area (Å²) in [7, 11) is 4.04. The number of nitrogens with one attached hydrogen (secondary N) is 1. The first kappa shape index (κ1) is 22.2. The molecular formula is C20H35IN6. The maximum Gasteiger partial charge on any atom is 0.194 e. The van der Waals surface area contributed by atoms with Crippen molar-refractivity contribution in [2.45, 2.75) is 39.8 Å². The van der Waals surface area contributed by atoms with Crippen molar-refractivity contribution in [3.63, 3.8) is 0 Å². The van der Waals surface area contributed by atoms with E-state index in [-0.39, 0.29) is 29.5 Å². The van der Waals surface area contributed by atoms with Gasteiger partial charge in [-0.1, -0.05) is 13.8 Å². The fourth-order valence-corrected chi connectivity index (χ4v) is 3.66. The molecule has 0 saturated carbocycles. The molecule has 1 N–H and O–H groups in total. The smallest absolute Gasteiger partial charge is 0.194 e. The lowest BCUT2D eigenvalue weighted by Gasteiger charge is -2.62. The number of pyridine rings is 1. The molecule has 0 spiro atoms. The Bertz CT molecular complexity index is 664. The number of nitrogens with zero attached hydrogens (tertiary/aromatic N) is 5. The van der Waals surface area contributed by atoms with Crippen molar-refractivity contribution in [1.29, 1.82) is 0 Å². The molecule has 0 aromatic carbocycles. The molecule has 0 aliphatic carbocycles. The number of likely N-dealkylation sites (tertiary alicyclic amines) is 1. The van der Waals surface area contributed by atoms with Crippen molar-refractivity contribution in [3.05, 3.63) is 23.9 Å². The zero-order valence-electron chi connectivity index (χ0n) is 17.6. The minimum Gasteiger partial charge on any atom is -0.354 e. The first-order chi connectivity index (χ1) is 12.2. The van der Waals surface area contributed by atoms with E-state index < -0.39 is 0 Å². The maximum absolute atomic E-state index is 4.58. The van der Waals surface area contributed by atoms with Crippen LogP contribution in [0, 0.1) is 5.41 Å². The molecule has 2 aliphatic heterocycles. The molecule has 3 heterocycles. The summed E-state index contributed by atoms with van der Waals surface area (Å²) in [5, 5.41) is 3.54. The van der Waals surface area contributed by atoms with Crippen molar-refractivity contribution in [1.82, 2.24) is 20.1 Å². The normalized spacial score (nSPS) is 22.1. The summed E-state index contributed by atoms with van der Waals surface area (Å²) in [5.74, 6) is 2.06. The molecule has 2 saturated heterocycles. The molecule has 6 nitrogen and oxygen atoms in total. The molecule has 0 unspecified atom stereocenters. The number of halogens is 1. The van der Waals surface area contributed by atoms with Crippen LogP contribution < -0.4 is 10.2 Å². The molecule has 152 valence electrons. The van der Waals surface area contributed by atoms with Gasteiger partial charge in [-0.3, -0.25) is 4.99 Å². The number of likely N-dealkylation sites (N-methyl/N-ethyl adjacent to an activating group) is 1. The van der Waals surface area contributed by atoms with E-state index in [4.69, 9.17) is 0 Å². The highest BCUT2D eigenvalue weighted by Crippen LogP contribution is 2.46. The number of piperazine rings is 1. The minimum atomic E-state index is 0. The second kappa shape index (κ2) is 8.51. The van der Waals surface area contributed by atoms with Crippen LogP contribution in [-0.2, 0) is 6.54 Å². The van der Waals surface area contributed by atoms with Gasteiger partial charge in [0.05, 0.1) is 0 Å². The highest BCUT2D eigenvalue weighted by molar-refractivity contribution is 14.0. The van der Waals surface area contributed by atoms with Crippen molar-refractivity contribution in [2.24, 2.45) is 10.4 Å². The third kappa shape index (κ3) is 4.50. The van der Waals surface area contributed by atoms with E-state index >= 15 is 0 Å². The topological polar surface area (TPSA) is 47.0 Å². The summed E-state index contributed by atoms with van der Waals surface area (Å²) in [6.07, 6.45) is 1.92. The van der Waals surface area contributed by atoms with E-state index in [0.717, 1.165) is 51.0 Å². The van der Waals surface area contributed by atoms with E-state index in [2.05, 4.69) is 76.9 Å². The lowest BCUT2D eigenvalue weighted by atomic mass is 9.65. The number of rotatable bonds is 3. The monoisotopic (exact) mass is 486 g/mol. The standard InChI is InChI=1S/C20H34N6.HI/c1-19(2)15-26(20(19,3)4)18(21-5)23-14-16-7-8-22-17(13-16)25-11-9-24(6)10-12-25;/h7-8,13H,9-12,14-15H2,1-6H3,(H,21,23);1H. The number of aliphatic imine (C=N–C) groups is 1. The van der Waals surface area contributed by atoms with Crippen LogP contribution in [0.2, 0.25) is 0 Å². The fourth-order valence-electron chi connectivity index (χ4n) is 3.66. The van der Waals surface area contributed by atoms with Crippen LogP contribution in [0.5, 0.6) is 0 Å². The lowest BCUT2D eigenvalue weighted by Crippen LogP contribution is -2.72. The molecule has 2 aliphatic rings. The molecule has 7 heteroatoms. The Morgan fingerprint density at radius 3 is 2.41 bits per heavy atom. The quantitative estimate of drug-likeness (QED) is 0.405. The van der Waals surface area contributed by atoms with Gasteiger partial charge in [0, 0.05) is 63.5 Å². The Labute approximate surface area is 181 Å². The van der Waals surface area contributed by atoms with Crippen LogP contribution in [0.25, 0.3) is 0 Å². The maximum atomic E-state index is 4.58. The lowest BCUT2D eigenvalue weighted by molar-refractivity contribution is -0.0667. The van der Waals surface area contributed by atoms with Gasteiger partial charge in [-0.15, -0.1) is 24.0 Å². The highest BCUT2D eigenvalue weighted by atomic mass is 127. The Hall–Kier alpha value is -1.09. The van der Waals surface area contributed by atoms with Crippen molar-refractivity contribution in [2.75, 3.05) is 51.7 Å². The van der Waals surface area contributed by atoms with Crippen molar-refractivity contribution in [3.8, 4) is 0 Å². The molecule has 3 rings (SSSR count). The summed E-state index contributed by atoms with van der Waals surface area (Å²) in [6.45, 7) is 15.3. The van der Waals surface area contributed by atoms with E-state index in [1.54, 1.807) is 0 Å². The third-order valence-electron chi connectivity index (χ3n) is 6.44. The highest BCUT2D eigenvalue weighted by Gasteiger charge is 2.53. The van der Waals surface area contributed by atoms with Crippen molar-refractivity contribution < 1.29 is 0 Å². The Kier molecular flexibility index (Phi) is 7.00. The van der Waals surface area contributed by atoms with Crippen LogP contribution in [0.1, 0.15) is 33.3 Å². The SMILES string of the molecule is CN=C(NCc1ccnc(N2CCN(C)CC2)c1)N1CC(C)(C)C1(C)C.I.